The SMILES string of the molecule is NCCc1ccc(-c2nc(-c3ccncn3)no2)cc1. The first-order valence-corrected chi connectivity index (χ1v) is 6.26. The smallest absolute Gasteiger partial charge is 0.258 e. The van der Waals surface area contributed by atoms with Crippen LogP contribution >= 0.6 is 0 Å². The van der Waals surface area contributed by atoms with Gasteiger partial charge in [0.2, 0.25) is 5.82 Å². The average Bonchev–Trinajstić information content (AvgIpc) is 2.99. The van der Waals surface area contributed by atoms with Gasteiger partial charge in [-0.05, 0) is 36.7 Å². The molecule has 100 valence electrons. The second kappa shape index (κ2) is 5.58. The average molecular weight is 267 g/mol. The molecule has 0 radical (unpaired) electrons. The van der Waals surface area contributed by atoms with Crippen LogP contribution in [0.15, 0.2) is 47.4 Å². The molecule has 0 saturated carbocycles. The van der Waals surface area contributed by atoms with Crippen LogP contribution in [0.4, 0.5) is 0 Å². The normalized spacial score (nSPS) is 10.7. The first-order chi connectivity index (χ1) is 9.86. The summed E-state index contributed by atoms with van der Waals surface area (Å²) < 4.78 is 5.26. The molecule has 0 spiro atoms. The molecule has 0 saturated heterocycles. The van der Waals surface area contributed by atoms with Crippen LogP contribution in [0.3, 0.4) is 0 Å². The van der Waals surface area contributed by atoms with E-state index in [4.69, 9.17) is 10.3 Å². The van der Waals surface area contributed by atoms with E-state index in [1.54, 1.807) is 12.3 Å². The highest BCUT2D eigenvalue weighted by Crippen LogP contribution is 2.21. The van der Waals surface area contributed by atoms with Gasteiger partial charge in [-0.3, -0.25) is 0 Å². The first kappa shape index (κ1) is 12.4. The zero-order valence-electron chi connectivity index (χ0n) is 10.7. The number of aromatic nitrogens is 4. The molecule has 0 aliphatic heterocycles. The molecule has 0 fully saturated rings. The van der Waals surface area contributed by atoms with Crippen LogP contribution in [0.5, 0.6) is 0 Å². The molecular weight excluding hydrogens is 254 g/mol. The number of benzene rings is 1. The van der Waals surface area contributed by atoms with Crippen molar-refractivity contribution >= 4 is 0 Å². The van der Waals surface area contributed by atoms with Crippen LogP contribution in [-0.4, -0.2) is 26.7 Å². The Morgan fingerprint density at radius 3 is 2.65 bits per heavy atom. The summed E-state index contributed by atoms with van der Waals surface area (Å²) in [5.41, 5.74) is 8.22. The molecule has 0 aliphatic carbocycles. The van der Waals surface area contributed by atoms with Crippen molar-refractivity contribution in [3.63, 3.8) is 0 Å². The van der Waals surface area contributed by atoms with Crippen molar-refractivity contribution in [1.82, 2.24) is 20.1 Å². The van der Waals surface area contributed by atoms with Gasteiger partial charge < -0.3 is 10.3 Å². The van der Waals surface area contributed by atoms with Gasteiger partial charge in [0.25, 0.3) is 5.89 Å². The second-order valence-electron chi connectivity index (χ2n) is 4.25. The number of rotatable bonds is 4. The standard InChI is InChI=1S/C14H13N5O/c15-7-5-10-1-3-11(4-2-10)14-18-13(19-20-14)12-6-8-16-9-17-12/h1-4,6,8-9H,5,7,15H2. The van der Waals surface area contributed by atoms with E-state index in [2.05, 4.69) is 20.1 Å². The Morgan fingerprint density at radius 1 is 1.10 bits per heavy atom. The Kier molecular flexibility index (Phi) is 3.47. The van der Waals surface area contributed by atoms with Gasteiger partial charge in [-0.25, -0.2) is 9.97 Å². The van der Waals surface area contributed by atoms with E-state index in [1.807, 2.05) is 24.3 Å². The van der Waals surface area contributed by atoms with Gasteiger partial charge in [-0.2, -0.15) is 4.98 Å². The lowest BCUT2D eigenvalue weighted by Gasteiger charge is -1.98. The quantitative estimate of drug-likeness (QED) is 0.773. The molecule has 0 aliphatic rings. The lowest BCUT2D eigenvalue weighted by atomic mass is 10.1. The van der Waals surface area contributed by atoms with E-state index in [0.717, 1.165) is 12.0 Å². The summed E-state index contributed by atoms with van der Waals surface area (Å²) in [6.45, 7) is 0.637. The Morgan fingerprint density at radius 2 is 1.95 bits per heavy atom. The highest BCUT2D eigenvalue weighted by Gasteiger charge is 2.11. The molecule has 6 heteroatoms. The summed E-state index contributed by atoms with van der Waals surface area (Å²) in [6, 6.07) is 9.65. The largest absolute Gasteiger partial charge is 0.334 e. The fraction of sp³-hybridized carbons (Fsp3) is 0.143. The maximum absolute atomic E-state index is 5.52. The Balaban J connectivity index is 1.86. The summed E-state index contributed by atoms with van der Waals surface area (Å²) in [7, 11) is 0. The molecule has 0 bridgehead atoms. The number of hydrogen-bond donors (Lipinski definition) is 1. The Labute approximate surface area is 115 Å². The van der Waals surface area contributed by atoms with Gasteiger partial charge >= 0.3 is 0 Å². The van der Waals surface area contributed by atoms with E-state index in [-0.39, 0.29) is 0 Å². The van der Waals surface area contributed by atoms with Crippen LogP contribution in [-0.2, 0) is 6.42 Å². The van der Waals surface area contributed by atoms with Crippen molar-refractivity contribution in [1.29, 1.82) is 0 Å². The van der Waals surface area contributed by atoms with Crippen LogP contribution in [0.1, 0.15) is 5.56 Å². The molecule has 3 rings (SSSR count). The van der Waals surface area contributed by atoms with Gasteiger partial charge in [0.05, 0.1) is 0 Å². The van der Waals surface area contributed by atoms with Gasteiger partial charge in [0.1, 0.15) is 12.0 Å². The molecule has 0 amide bonds. The highest BCUT2D eigenvalue weighted by molar-refractivity contribution is 5.57. The third-order valence-electron chi connectivity index (χ3n) is 2.87. The molecule has 0 unspecified atom stereocenters. The van der Waals surface area contributed by atoms with Gasteiger partial charge in [-0.15, -0.1) is 0 Å². The molecule has 6 nitrogen and oxygen atoms in total. The van der Waals surface area contributed by atoms with Gasteiger partial charge in [-0.1, -0.05) is 17.3 Å². The van der Waals surface area contributed by atoms with Crippen LogP contribution in [0.25, 0.3) is 23.0 Å². The maximum atomic E-state index is 5.52. The minimum atomic E-state index is 0.452. The monoisotopic (exact) mass is 267 g/mol. The van der Waals surface area contributed by atoms with E-state index in [0.29, 0.717) is 24.0 Å². The van der Waals surface area contributed by atoms with E-state index in [1.165, 1.54) is 11.9 Å². The number of nitrogens with two attached hydrogens (primary N) is 1. The summed E-state index contributed by atoms with van der Waals surface area (Å²) in [4.78, 5) is 12.3. The minimum Gasteiger partial charge on any atom is -0.334 e. The van der Waals surface area contributed by atoms with Crippen LogP contribution < -0.4 is 5.73 Å². The molecule has 2 N–H and O–H groups in total. The molecular formula is C14H13N5O. The lowest BCUT2D eigenvalue weighted by molar-refractivity contribution is 0.432. The molecule has 3 aromatic rings. The molecule has 20 heavy (non-hydrogen) atoms. The lowest BCUT2D eigenvalue weighted by Crippen LogP contribution is -2.02. The van der Waals surface area contributed by atoms with Crippen molar-refractivity contribution in [2.75, 3.05) is 6.54 Å². The minimum absolute atomic E-state index is 0.452. The molecule has 1 aromatic carbocycles. The van der Waals surface area contributed by atoms with Crippen molar-refractivity contribution in [2.24, 2.45) is 5.73 Å². The first-order valence-electron chi connectivity index (χ1n) is 6.26. The maximum Gasteiger partial charge on any atom is 0.258 e. The zero-order valence-corrected chi connectivity index (χ0v) is 10.7. The second-order valence-corrected chi connectivity index (χ2v) is 4.25. The molecule has 2 heterocycles. The van der Waals surface area contributed by atoms with Gasteiger partial charge in [0, 0.05) is 11.8 Å². The Hall–Kier alpha value is -2.60. The van der Waals surface area contributed by atoms with Gasteiger partial charge in [0.15, 0.2) is 0 Å². The Bertz CT molecular complexity index is 678. The highest BCUT2D eigenvalue weighted by atomic mass is 16.5. The summed E-state index contributed by atoms with van der Waals surface area (Å²) in [6.07, 6.45) is 3.95. The third-order valence-corrected chi connectivity index (χ3v) is 2.87. The van der Waals surface area contributed by atoms with Crippen molar-refractivity contribution in [2.45, 2.75) is 6.42 Å². The van der Waals surface area contributed by atoms with E-state index < -0.39 is 0 Å². The summed E-state index contributed by atoms with van der Waals surface area (Å²) in [5, 5.41) is 3.93. The van der Waals surface area contributed by atoms with E-state index in [9.17, 15) is 0 Å². The van der Waals surface area contributed by atoms with Crippen LogP contribution in [0, 0.1) is 0 Å². The summed E-state index contributed by atoms with van der Waals surface area (Å²) in [5.74, 6) is 0.923. The van der Waals surface area contributed by atoms with Crippen molar-refractivity contribution in [3.8, 4) is 23.0 Å². The third kappa shape index (κ3) is 2.55. The fourth-order valence-electron chi connectivity index (χ4n) is 1.85. The summed E-state index contributed by atoms with van der Waals surface area (Å²) >= 11 is 0. The fourth-order valence-corrected chi connectivity index (χ4v) is 1.85. The predicted molar refractivity (Wildman–Crippen MR) is 73.5 cm³/mol. The van der Waals surface area contributed by atoms with Crippen molar-refractivity contribution < 1.29 is 4.52 Å². The van der Waals surface area contributed by atoms with Crippen LogP contribution in [0.2, 0.25) is 0 Å². The van der Waals surface area contributed by atoms with E-state index >= 15 is 0 Å². The molecule has 0 atom stereocenters. The molecule has 2 aromatic heterocycles. The zero-order chi connectivity index (χ0) is 13.8. The predicted octanol–water partition coefficient (Wildman–Crippen LogP) is 1.69. The van der Waals surface area contributed by atoms with Crippen molar-refractivity contribution in [3.05, 3.63) is 48.4 Å². The number of nitrogens with zero attached hydrogens (tertiary/aromatic N) is 4. The topological polar surface area (TPSA) is 90.7 Å². The number of hydrogen-bond acceptors (Lipinski definition) is 6.